The highest BCUT2D eigenvalue weighted by atomic mass is 16.4. The molecule has 13 heavy (non-hydrogen) atoms. The van der Waals surface area contributed by atoms with Crippen LogP contribution >= 0.6 is 0 Å². The van der Waals surface area contributed by atoms with Crippen molar-refractivity contribution in [2.24, 2.45) is 23.7 Å². The number of hydrogen-bond acceptors (Lipinski definition) is 1. The minimum atomic E-state index is -0.584. The van der Waals surface area contributed by atoms with Gasteiger partial charge in [-0.25, -0.2) is 0 Å². The van der Waals surface area contributed by atoms with Gasteiger partial charge in [-0.3, -0.25) is 4.79 Å². The fraction of sp³-hybridized carbons (Fsp3) is 0.727. The van der Waals surface area contributed by atoms with Crippen molar-refractivity contribution in [1.29, 1.82) is 0 Å². The number of allylic oxidation sites excluding steroid dienone is 1. The van der Waals surface area contributed by atoms with E-state index in [1.807, 2.05) is 6.08 Å². The largest absolute Gasteiger partial charge is 0.481 e. The summed E-state index contributed by atoms with van der Waals surface area (Å²) >= 11 is 0. The highest BCUT2D eigenvalue weighted by Gasteiger charge is 2.49. The van der Waals surface area contributed by atoms with Crippen LogP contribution in [0.5, 0.6) is 0 Å². The molecule has 2 aliphatic rings. The number of carboxylic acids is 1. The SMILES string of the molecule is C=CCC1C2CCC(C2)C1C(=O)O. The van der Waals surface area contributed by atoms with Gasteiger partial charge in [0.05, 0.1) is 5.92 Å². The summed E-state index contributed by atoms with van der Waals surface area (Å²) in [7, 11) is 0. The molecule has 0 radical (unpaired) electrons. The van der Waals surface area contributed by atoms with Crippen LogP contribution in [0.15, 0.2) is 12.7 Å². The molecule has 0 aromatic rings. The number of carboxylic acid groups (broad SMARTS) is 1. The zero-order valence-corrected chi connectivity index (χ0v) is 7.78. The Labute approximate surface area is 78.6 Å². The Morgan fingerprint density at radius 2 is 2.15 bits per heavy atom. The van der Waals surface area contributed by atoms with E-state index in [-0.39, 0.29) is 5.92 Å². The van der Waals surface area contributed by atoms with E-state index in [0.717, 1.165) is 19.3 Å². The van der Waals surface area contributed by atoms with Gasteiger partial charge in [-0.2, -0.15) is 0 Å². The number of fused-ring (bicyclic) bond motifs is 2. The molecule has 0 saturated heterocycles. The summed E-state index contributed by atoms with van der Waals surface area (Å²) in [5, 5.41) is 9.10. The average Bonchev–Trinajstić information content (AvgIpc) is 2.63. The van der Waals surface area contributed by atoms with E-state index in [9.17, 15) is 4.79 Å². The van der Waals surface area contributed by atoms with Gasteiger partial charge in [0.1, 0.15) is 0 Å². The van der Waals surface area contributed by atoms with E-state index in [2.05, 4.69) is 6.58 Å². The molecule has 0 aromatic heterocycles. The second kappa shape index (κ2) is 3.17. The van der Waals surface area contributed by atoms with Crippen LogP contribution < -0.4 is 0 Å². The molecule has 2 heteroatoms. The van der Waals surface area contributed by atoms with Gasteiger partial charge in [-0.05, 0) is 43.4 Å². The van der Waals surface area contributed by atoms with Crippen molar-refractivity contribution in [3.8, 4) is 0 Å². The molecule has 2 bridgehead atoms. The van der Waals surface area contributed by atoms with Crippen molar-refractivity contribution < 1.29 is 9.90 Å². The maximum atomic E-state index is 11.0. The molecule has 2 fully saturated rings. The molecule has 0 amide bonds. The first kappa shape index (κ1) is 8.79. The van der Waals surface area contributed by atoms with Gasteiger partial charge in [0.2, 0.25) is 0 Å². The first-order valence-electron chi connectivity index (χ1n) is 5.07. The third kappa shape index (κ3) is 1.28. The molecule has 1 N–H and O–H groups in total. The lowest BCUT2D eigenvalue weighted by Crippen LogP contribution is -2.28. The van der Waals surface area contributed by atoms with Crippen LogP contribution in [0.3, 0.4) is 0 Å². The molecule has 4 atom stereocenters. The quantitative estimate of drug-likeness (QED) is 0.677. The Balaban J connectivity index is 2.14. The minimum absolute atomic E-state index is 0.0725. The van der Waals surface area contributed by atoms with E-state index in [4.69, 9.17) is 5.11 Å². The molecular formula is C11H16O2. The van der Waals surface area contributed by atoms with E-state index in [1.165, 1.54) is 6.42 Å². The molecule has 2 rings (SSSR count). The van der Waals surface area contributed by atoms with Crippen LogP contribution in [0.2, 0.25) is 0 Å². The second-order valence-corrected chi connectivity index (χ2v) is 4.39. The first-order valence-corrected chi connectivity index (χ1v) is 5.07. The van der Waals surface area contributed by atoms with Crippen LogP contribution in [0.25, 0.3) is 0 Å². The first-order chi connectivity index (χ1) is 6.24. The van der Waals surface area contributed by atoms with Crippen molar-refractivity contribution in [3.05, 3.63) is 12.7 Å². The standard InChI is InChI=1S/C11H16O2/c1-2-3-9-7-4-5-8(6-7)10(9)11(12)13/h2,7-10H,1,3-6H2,(H,12,13). The Kier molecular flexibility index (Phi) is 2.14. The Morgan fingerprint density at radius 1 is 1.46 bits per heavy atom. The second-order valence-electron chi connectivity index (χ2n) is 4.39. The van der Waals surface area contributed by atoms with Gasteiger partial charge >= 0.3 is 5.97 Å². The third-order valence-electron chi connectivity index (χ3n) is 3.81. The highest BCUT2D eigenvalue weighted by molar-refractivity contribution is 5.71. The van der Waals surface area contributed by atoms with Crippen molar-refractivity contribution >= 4 is 5.97 Å². The number of carbonyl (C=O) groups is 1. The molecule has 0 aromatic carbocycles. The summed E-state index contributed by atoms with van der Waals surface area (Å²) in [5.41, 5.74) is 0. The van der Waals surface area contributed by atoms with Gasteiger partial charge in [0.15, 0.2) is 0 Å². The van der Waals surface area contributed by atoms with E-state index in [0.29, 0.717) is 17.8 Å². The van der Waals surface area contributed by atoms with E-state index < -0.39 is 5.97 Å². The summed E-state index contributed by atoms with van der Waals surface area (Å²) < 4.78 is 0. The van der Waals surface area contributed by atoms with Gasteiger partial charge in [-0.15, -0.1) is 6.58 Å². The van der Waals surface area contributed by atoms with Gasteiger partial charge < -0.3 is 5.11 Å². The maximum Gasteiger partial charge on any atom is 0.307 e. The molecule has 0 spiro atoms. The molecule has 0 aliphatic heterocycles. The van der Waals surface area contributed by atoms with Crippen molar-refractivity contribution in [1.82, 2.24) is 0 Å². The van der Waals surface area contributed by atoms with Crippen molar-refractivity contribution in [2.75, 3.05) is 0 Å². The third-order valence-corrected chi connectivity index (χ3v) is 3.81. The summed E-state index contributed by atoms with van der Waals surface area (Å²) in [6.45, 7) is 3.71. The molecule has 2 aliphatic carbocycles. The van der Waals surface area contributed by atoms with Crippen LogP contribution in [0, 0.1) is 23.7 Å². The molecule has 72 valence electrons. The Morgan fingerprint density at radius 3 is 2.77 bits per heavy atom. The average molecular weight is 180 g/mol. The van der Waals surface area contributed by atoms with Crippen LogP contribution in [0.4, 0.5) is 0 Å². The van der Waals surface area contributed by atoms with Crippen molar-refractivity contribution in [3.63, 3.8) is 0 Å². The molecule has 2 saturated carbocycles. The van der Waals surface area contributed by atoms with Crippen LogP contribution in [-0.4, -0.2) is 11.1 Å². The lowest BCUT2D eigenvalue weighted by atomic mass is 9.77. The van der Waals surface area contributed by atoms with E-state index >= 15 is 0 Å². The summed E-state index contributed by atoms with van der Waals surface area (Å²) in [5.74, 6) is 0.862. The number of aliphatic carboxylic acids is 1. The lowest BCUT2D eigenvalue weighted by molar-refractivity contribution is -0.145. The maximum absolute atomic E-state index is 11.0. The number of rotatable bonds is 3. The zero-order valence-electron chi connectivity index (χ0n) is 7.78. The number of hydrogen-bond donors (Lipinski definition) is 1. The lowest BCUT2D eigenvalue weighted by Gasteiger charge is -2.26. The smallest absolute Gasteiger partial charge is 0.307 e. The topological polar surface area (TPSA) is 37.3 Å². The summed E-state index contributed by atoms with van der Waals surface area (Å²) in [6, 6.07) is 0. The molecule has 2 nitrogen and oxygen atoms in total. The van der Waals surface area contributed by atoms with Gasteiger partial charge in [0, 0.05) is 0 Å². The normalized spacial score (nSPS) is 42.2. The van der Waals surface area contributed by atoms with Crippen molar-refractivity contribution in [2.45, 2.75) is 25.7 Å². The fourth-order valence-corrected chi connectivity index (χ4v) is 3.33. The molecular weight excluding hydrogens is 164 g/mol. The molecule has 4 unspecified atom stereocenters. The van der Waals surface area contributed by atoms with Gasteiger partial charge in [0.25, 0.3) is 0 Å². The molecule has 0 heterocycles. The predicted molar refractivity (Wildman–Crippen MR) is 50.3 cm³/mol. The summed E-state index contributed by atoms with van der Waals surface area (Å²) in [4.78, 5) is 11.0. The Hall–Kier alpha value is -0.790. The predicted octanol–water partition coefficient (Wildman–Crippen LogP) is 2.31. The van der Waals surface area contributed by atoms with Crippen LogP contribution in [-0.2, 0) is 4.79 Å². The highest BCUT2D eigenvalue weighted by Crippen LogP contribution is 2.53. The van der Waals surface area contributed by atoms with Gasteiger partial charge in [-0.1, -0.05) is 6.08 Å². The Bertz CT molecular complexity index is 234. The fourth-order valence-electron chi connectivity index (χ4n) is 3.33. The van der Waals surface area contributed by atoms with Crippen LogP contribution in [0.1, 0.15) is 25.7 Å². The zero-order chi connectivity index (χ0) is 9.42. The van der Waals surface area contributed by atoms with E-state index in [1.54, 1.807) is 0 Å². The summed E-state index contributed by atoms with van der Waals surface area (Å²) in [6.07, 6.45) is 6.29. The minimum Gasteiger partial charge on any atom is -0.481 e. The monoisotopic (exact) mass is 180 g/mol.